The van der Waals surface area contributed by atoms with Crippen LogP contribution in [0.5, 0.6) is 0 Å². The molecule has 34 heavy (non-hydrogen) atoms. The van der Waals surface area contributed by atoms with Crippen molar-refractivity contribution in [3.63, 3.8) is 0 Å². The Morgan fingerprint density at radius 3 is 2.56 bits per heavy atom. The first-order chi connectivity index (χ1) is 16.0. The zero-order valence-corrected chi connectivity index (χ0v) is 19.4. The largest absolute Gasteiger partial charge is 0.396 e. The van der Waals surface area contributed by atoms with Crippen LogP contribution in [-0.4, -0.2) is 60.1 Å². The number of H-pyrrole nitrogens is 1. The average molecular weight is 503 g/mol. The second kappa shape index (κ2) is 10.0. The van der Waals surface area contributed by atoms with E-state index in [1.165, 1.54) is 11.3 Å². The van der Waals surface area contributed by atoms with Gasteiger partial charge in [-0.25, -0.2) is 4.98 Å². The van der Waals surface area contributed by atoms with Gasteiger partial charge in [0, 0.05) is 30.6 Å². The normalized spacial score (nSPS) is 21.9. The number of rotatable bonds is 6. The van der Waals surface area contributed by atoms with E-state index in [2.05, 4.69) is 30.6 Å². The van der Waals surface area contributed by atoms with Gasteiger partial charge in [-0.15, -0.1) is 23.7 Å². The van der Waals surface area contributed by atoms with Gasteiger partial charge in [-0.2, -0.15) is 4.98 Å². The van der Waals surface area contributed by atoms with Crippen molar-refractivity contribution in [3.05, 3.63) is 59.1 Å². The molecule has 3 heterocycles. The predicted molar refractivity (Wildman–Crippen MR) is 133 cm³/mol. The number of hydrogen-bond donors (Lipinski definition) is 6. The molecule has 0 bridgehead atoms. The highest BCUT2D eigenvalue weighted by molar-refractivity contribution is 7.21. The average Bonchev–Trinajstić information content (AvgIpc) is 3.35. The van der Waals surface area contributed by atoms with Gasteiger partial charge in [0.2, 0.25) is 5.95 Å². The maximum atomic E-state index is 13.2. The lowest BCUT2D eigenvalue weighted by molar-refractivity contribution is 0.00446. The number of nitrogens with zero attached hydrogens (tertiary/aromatic N) is 3. The number of benzene rings is 1. The fourth-order valence-corrected chi connectivity index (χ4v) is 5.02. The van der Waals surface area contributed by atoms with Crippen LogP contribution in [-0.2, 0) is 0 Å². The van der Waals surface area contributed by atoms with Crippen molar-refractivity contribution >= 4 is 51.4 Å². The lowest BCUT2D eigenvalue weighted by atomic mass is 10.1. The van der Waals surface area contributed by atoms with Gasteiger partial charge in [-0.1, -0.05) is 12.1 Å². The zero-order valence-electron chi connectivity index (χ0n) is 17.8. The van der Waals surface area contributed by atoms with Gasteiger partial charge in [0.05, 0.1) is 22.4 Å². The lowest BCUT2D eigenvalue weighted by Crippen LogP contribution is -2.36. The summed E-state index contributed by atoms with van der Waals surface area (Å²) in [5, 5.41) is 36.9. The predicted octanol–water partition coefficient (Wildman–Crippen LogP) is 2.12. The maximum Gasteiger partial charge on any atom is 0.264 e. The Morgan fingerprint density at radius 2 is 1.85 bits per heavy atom. The van der Waals surface area contributed by atoms with Gasteiger partial charge in [0.1, 0.15) is 22.5 Å². The molecule has 3 aromatic heterocycles. The van der Waals surface area contributed by atoms with Crippen LogP contribution in [0.15, 0.2) is 53.6 Å². The number of aromatic amines is 1. The molecule has 0 spiro atoms. The van der Waals surface area contributed by atoms with E-state index in [0.29, 0.717) is 17.1 Å². The van der Waals surface area contributed by atoms with Crippen molar-refractivity contribution in [1.29, 1.82) is 0 Å². The monoisotopic (exact) mass is 502 g/mol. The third-order valence-corrected chi connectivity index (χ3v) is 6.78. The molecule has 1 saturated carbocycles. The van der Waals surface area contributed by atoms with Crippen LogP contribution in [0.4, 0.5) is 17.5 Å². The summed E-state index contributed by atoms with van der Waals surface area (Å²) in [6, 6.07) is 10.4. The Hall–Kier alpha value is -3.09. The quantitative estimate of drug-likeness (QED) is 0.232. The third-order valence-electron chi connectivity index (χ3n) is 5.73. The van der Waals surface area contributed by atoms with E-state index in [4.69, 9.17) is 0 Å². The minimum absolute atomic E-state index is 0. The van der Waals surface area contributed by atoms with E-state index in [1.807, 2.05) is 24.3 Å². The smallest absolute Gasteiger partial charge is 0.264 e. The molecule has 0 radical (unpaired) electrons. The van der Waals surface area contributed by atoms with E-state index in [0.717, 1.165) is 10.2 Å². The summed E-state index contributed by atoms with van der Waals surface area (Å²) in [6.07, 6.45) is 1.35. The van der Waals surface area contributed by atoms with Gasteiger partial charge in [-0.3, -0.25) is 14.8 Å². The first-order valence-electron chi connectivity index (χ1n) is 10.4. The highest BCUT2D eigenvalue weighted by Gasteiger charge is 2.41. The fraction of sp³-hybridized carbons (Fsp3) is 0.273. The van der Waals surface area contributed by atoms with Crippen LogP contribution in [0.3, 0.4) is 0 Å². The molecule has 178 valence electrons. The van der Waals surface area contributed by atoms with Crippen LogP contribution >= 0.6 is 23.7 Å². The fourth-order valence-electron chi connectivity index (χ4n) is 4.01. The highest BCUT2D eigenvalue weighted by Crippen LogP contribution is 2.34. The standard InChI is InChI=1S/C22H22N6O4S.ClH/c29-10-11-9-14(18(31)17(11)30)25-19-16(21-26-13-3-1-2-4-15(13)33-21)20(32)28-22(27-19)24-12-5-7-23-8-6-12;/h1-8,11,14,17-18,29-31H,9-10H2,(H3,23,24,25,27,28,32);1H/t11-,14-,17-,18+;/m1./s1. The summed E-state index contributed by atoms with van der Waals surface area (Å²) in [5.74, 6) is -0.0469. The molecule has 1 aliphatic carbocycles. The minimum Gasteiger partial charge on any atom is -0.396 e. The highest BCUT2D eigenvalue weighted by atomic mass is 35.5. The van der Waals surface area contributed by atoms with Crippen LogP contribution < -0.4 is 16.2 Å². The zero-order chi connectivity index (χ0) is 22.9. The van der Waals surface area contributed by atoms with Crippen molar-refractivity contribution in [2.45, 2.75) is 24.7 Å². The summed E-state index contributed by atoms with van der Waals surface area (Å²) in [6.45, 7) is -0.251. The topological polar surface area (TPSA) is 156 Å². The van der Waals surface area contributed by atoms with E-state index in [-0.39, 0.29) is 36.3 Å². The van der Waals surface area contributed by atoms with Crippen molar-refractivity contribution in [1.82, 2.24) is 19.9 Å². The molecule has 1 fully saturated rings. The molecule has 1 aromatic carbocycles. The molecule has 0 amide bonds. The summed E-state index contributed by atoms with van der Waals surface area (Å²) in [4.78, 5) is 29.1. The lowest BCUT2D eigenvalue weighted by Gasteiger charge is -2.20. The Labute approximate surface area is 204 Å². The number of para-hydroxylation sites is 1. The Bertz CT molecular complexity index is 1300. The van der Waals surface area contributed by atoms with Crippen LogP contribution in [0, 0.1) is 5.92 Å². The number of hydrogen-bond acceptors (Lipinski definition) is 10. The molecule has 5 rings (SSSR count). The van der Waals surface area contributed by atoms with Gasteiger partial charge in [0.25, 0.3) is 5.56 Å². The number of nitrogens with one attached hydrogen (secondary N) is 3. The molecule has 12 heteroatoms. The Morgan fingerprint density at radius 1 is 1.09 bits per heavy atom. The van der Waals surface area contributed by atoms with Gasteiger partial charge in [0.15, 0.2) is 0 Å². The second-order valence-electron chi connectivity index (χ2n) is 7.90. The number of halogens is 1. The maximum absolute atomic E-state index is 13.2. The van der Waals surface area contributed by atoms with Crippen LogP contribution in [0.2, 0.25) is 0 Å². The SMILES string of the molecule is Cl.O=c1[nH]c(Nc2ccncc2)nc(N[C@@H]2C[C@H](CO)[C@@H](O)[C@H]2O)c1-c1nc2ccccc2s1. The van der Waals surface area contributed by atoms with Crippen molar-refractivity contribution in [2.75, 3.05) is 17.2 Å². The first-order valence-corrected chi connectivity index (χ1v) is 11.3. The second-order valence-corrected chi connectivity index (χ2v) is 8.93. The molecule has 1 aliphatic rings. The molecule has 0 unspecified atom stereocenters. The van der Waals surface area contributed by atoms with E-state index >= 15 is 0 Å². The molecular formula is C22H23ClN6O4S. The Balaban J connectivity index is 0.00000274. The molecule has 6 N–H and O–H groups in total. The van der Waals surface area contributed by atoms with Gasteiger partial charge < -0.3 is 26.0 Å². The third kappa shape index (κ3) is 4.61. The van der Waals surface area contributed by atoms with Crippen molar-refractivity contribution in [2.24, 2.45) is 5.92 Å². The summed E-state index contributed by atoms with van der Waals surface area (Å²) in [5.41, 5.74) is 1.28. The first kappa shape index (κ1) is 24.0. The van der Waals surface area contributed by atoms with Gasteiger partial charge in [-0.05, 0) is 30.7 Å². The van der Waals surface area contributed by atoms with E-state index in [9.17, 15) is 20.1 Å². The molecule has 4 atom stereocenters. The number of aliphatic hydroxyl groups is 3. The van der Waals surface area contributed by atoms with E-state index in [1.54, 1.807) is 24.5 Å². The van der Waals surface area contributed by atoms with Crippen molar-refractivity contribution in [3.8, 4) is 10.6 Å². The van der Waals surface area contributed by atoms with Gasteiger partial charge >= 0.3 is 0 Å². The number of pyridine rings is 1. The molecule has 10 nitrogen and oxygen atoms in total. The van der Waals surface area contributed by atoms with Crippen molar-refractivity contribution < 1.29 is 15.3 Å². The number of aliphatic hydroxyl groups excluding tert-OH is 3. The molecule has 0 aliphatic heterocycles. The van der Waals surface area contributed by atoms with E-state index < -0.39 is 29.7 Å². The minimum atomic E-state index is -1.12. The molecule has 4 aromatic rings. The number of anilines is 3. The summed E-state index contributed by atoms with van der Waals surface area (Å²) < 4.78 is 0.925. The van der Waals surface area contributed by atoms with Crippen LogP contribution in [0.1, 0.15) is 6.42 Å². The Kier molecular flexibility index (Phi) is 7.10. The molecule has 0 saturated heterocycles. The summed E-state index contributed by atoms with van der Waals surface area (Å²) in [7, 11) is 0. The number of thiazole rings is 1. The number of fused-ring (bicyclic) bond motifs is 1. The van der Waals surface area contributed by atoms with Crippen LogP contribution in [0.25, 0.3) is 20.8 Å². The molecular weight excluding hydrogens is 480 g/mol. The number of aromatic nitrogens is 4. The summed E-state index contributed by atoms with van der Waals surface area (Å²) >= 11 is 1.36.